The summed E-state index contributed by atoms with van der Waals surface area (Å²) in [7, 11) is 3.44. The Morgan fingerprint density at radius 3 is 2.38 bits per heavy atom. The monoisotopic (exact) mass is 488 g/mol. The Kier molecular flexibility index (Phi) is 4.37. The number of Topliss-reactive ketones (excluding diaryl/α,β-unsaturated/α-hetero) is 2. The molecule has 182 valence electrons. The van der Waals surface area contributed by atoms with Crippen LogP contribution in [0.25, 0.3) is 10.8 Å². The van der Waals surface area contributed by atoms with Gasteiger partial charge in [-0.3, -0.25) is 19.3 Å². The lowest BCUT2D eigenvalue weighted by Crippen LogP contribution is -2.61. The minimum atomic E-state index is -1.44. The summed E-state index contributed by atoms with van der Waals surface area (Å²) in [5.74, 6) is -0.776. The van der Waals surface area contributed by atoms with Gasteiger partial charge >= 0.3 is 0 Å². The van der Waals surface area contributed by atoms with E-state index in [1.165, 1.54) is 0 Å². The number of benzene rings is 4. The smallest absolute Gasteiger partial charge is 0.238 e. The number of hydrogen-bond acceptors (Lipinski definition) is 5. The quantitative estimate of drug-likeness (QED) is 0.428. The molecule has 4 aromatic carbocycles. The van der Waals surface area contributed by atoms with Crippen LogP contribution in [0.15, 0.2) is 84.9 Å². The number of nitrogens with zero attached hydrogens (tertiary/aromatic N) is 1. The number of anilines is 1. The highest BCUT2D eigenvalue weighted by Crippen LogP contribution is 2.65. The Bertz CT molecular complexity index is 1650. The number of ketones is 2. The Labute approximate surface area is 213 Å². The molecule has 1 saturated heterocycles. The van der Waals surface area contributed by atoms with E-state index in [0.717, 1.165) is 16.3 Å². The van der Waals surface area contributed by atoms with Gasteiger partial charge in [0.15, 0.2) is 11.6 Å². The van der Waals surface area contributed by atoms with E-state index in [-0.39, 0.29) is 24.0 Å². The second-order valence-corrected chi connectivity index (χ2v) is 10.1. The number of methoxy groups -OCH3 is 1. The molecule has 1 aliphatic carbocycles. The molecule has 0 radical (unpaired) electrons. The summed E-state index contributed by atoms with van der Waals surface area (Å²) in [5.41, 5.74) is 0.382. The summed E-state index contributed by atoms with van der Waals surface area (Å²) in [4.78, 5) is 45.3. The first-order valence-corrected chi connectivity index (χ1v) is 12.3. The van der Waals surface area contributed by atoms with Gasteiger partial charge in [0, 0.05) is 23.4 Å². The van der Waals surface area contributed by atoms with Crippen LogP contribution in [0, 0.1) is 5.92 Å². The van der Waals surface area contributed by atoms with E-state index in [2.05, 4.69) is 5.32 Å². The number of ether oxygens (including phenoxy) is 1. The number of likely N-dealkylation sites (N-methyl/N-ethyl adjacent to an activating group) is 1. The minimum Gasteiger partial charge on any atom is -0.497 e. The standard InChI is InChI=1S/C31H24N2O4/c1-33-17-24(27(34)19-13-15-20(37-2)16-14-19)30(22-10-3-4-12-25(22)32-29(30)36)31(33)23-11-6-8-18-7-5-9-21(26(18)23)28(31)35/h3-16,24H,17H2,1-2H3,(H,32,36)/t24-,30+,31+/m0/s1. The number of rotatable bonds is 3. The summed E-state index contributed by atoms with van der Waals surface area (Å²) < 4.78 is 5.28. The third-order valence-corrected chi connectivity index (χ3v) is 8.64. The van der Waals surface area contributed by atoms with Gasteiger partial charge in [0.1, 0.15) is 16.7 Å². The van der Waals surface area contributed by atoms with Gasteiger partial charge in [-0.1, -0.05) is 54.6 Å². The SMILES string of the molecule is COc1ccc(C(=O)[C@@H]2CN(C)[C@]3(C(=O)c4cccc5cccc3c45)[C@@]23C(=O)Nc2ccccc23)cc1. The average Bonchev–Trinajstić information content (AvgIpc) is 3.49. The van der Waals surface area contributed by atoms with Crippen molar-refractivity contribution < 1.29 is 19.1 Å². The molecule has 1 amide bonds. The third-order valence-electron chi connectivity index (χ3n) is 8.64. The summed E-state index contributed by atoms with van der Waals surface area (Å²) in [6.45, 7) is 0.253. The van der Waals surface area contributed by atoms with E-state index in [1.807, 2.05) is 72.6 Å². The Hall–Kier alpha value is -4.29. The lowest BCUT2D eigenvalue weighted by molar-refractivity contribution is -0.124. The second-order valence-electron chi connectivity index (χ2n) is 10.1. The Morgan fingerprint density at radius 2 is 1.62 bits per heavy atom. The van der Waals surface area contributed by atoms with Crippen molar-refractivity contribution >= 4 is 33.9 Å². The predicted molar refractivity (Wildman–Crippen MR) is 140 cm³/mol. The molecule has 0 saturated carbocycles. The lowest BCUT2D eigenvalue weighted by Gasteiger charge is -2.44. The normalized spacial score (nSPS) is 25.7. The van der Waals surface area contributed by atoms with Crippen LogP contribution in [0.1, 0.15) is 31.8 Å². The molecule has 4 aromatic rings. The molecule has 3 atom stereocenters. The number of likely N-dealkylation sites (tertiary alicyclic amines) is 1. The van der Waals surface area contributed by atoms with Crippen molar-refractivity contribution in [2.45, 2.75) is 11.0 Å². The molecule has 2 aliphatic heterocycles. The molecule has 37 heavy (non-hydrogen) atoms. The molecule has 2 spiro atoms. The van der Waals surface area contributed by atoms with Crippen LogP contribution >= 0.6 is 0 Å². The molecule has 1 fully saturated rings. The van der Waals surface area contributed by atoms with Crippen molar-refractivity contribution in [3.63, 3.8) is 0 Å². The number of nitrogens with one attached hydrogen (secondary N) is 1. The Morgan fingerprint density at radius 1 is 0.919 bits per heavy atom. The third kappa shape index (κ3) is 2.41. The van der Waals surface area contributed by atoms with Crippen molar-refractivity contribution in [2.75, 3.05) is 26.0 Å². The van der Waals surface area contributed by atoms with E-state index in [9.17, 15) is 14.4 Å². The molecular weight excluding hydrogens is 464 g/mol. The largest absolute Gasteiger partial charge is 0.497 e. The summed E-state index contributed by atoms with van der Waals surface area (Å²) >= 11 is 0. The number of carbonyl (C=O) groups is 3. The van der Waals surface area contributed by atoms with Crippen molar-refractivity contribution in [3.05, 3.63) is 107 Å². The average molecular weight is 489 g/mol. The molecule has 0 unspecified atom stereocenters. The summed E-state index contributed by atoms with van der Waals surface area (Å²) in [6.07, 6.45) is 0. The molecule has 7 rings (SSSR count). The van der Waals surface area contributed by atoms with Crippen molar-refractivity contribution in [2.24, 2.45) is 5.92 Å². The predicted octanol–water partition coefficient (Wildman–Crippen LogP) is 4.57. The fraction of sp³-hybridized carbons (Fsp3) is 0.194. The van der Waals surface area contributed by atoms with Gasteiger partial charge in [0.2, 0.25) is 5.91 Å². The van der Waals surface area contributed by atoms with Crippen LogP contribution in [-0.2, 0) is 15.7 Å². The van der Waals surface area contributed by atoms with Crippen LogP contribution in [-0.4, -0.2) is 43.1 Å². The lowest BCUT2D eigenvalue weighted by atomic mass is 9.57. The highest BCUT2D eigenvalue weighted by molar-refractivity contribution is 6.26. The second kappa shape index (κ2) is 7.37. The van der Waals surface area contributed by atoms with Gasteiger partial charge in [-0.05, 0) is 59.3 Å². The molecule has 6 heteroatoms. The highest BCUT2D eigenvalue weighted by Gasteiger charge is 2.77. The van der Waals surface area contributed by atoms with Gasteiger partial charge in [-0.2, -0.15) is 0 Å². The number of amides is 1. The van der Waals surface area contributed by atoms with Crippen molar-refractivity contribution in [3.8, 4) is 5.75 Å². The summed E-state index contributed by atoms with van der Waals surface area (Å²) in [6, 6.07) is 26.0. The maximum absolute atomic E-state index is 14.7. The molecule has 2 heterocycles. The van der Waals surface area contributed by atoms with Crippen LogP contribution in [0.2, 0.25) is 0 Å². The molecule has 6 nitrogen and oxygen atoms in total. The first-order valence-electron chi connectivity index (χ1n) is 12.3. The van der Waals surface area contributed by atoms with E-state index in [0.29, 0.717) is 28.1 Å². The van der Waals surface area contributed by atoms with E-state index < -0.39 is 16.9 Å². The zero-order valence-electron chi connectivity index (χ0n) is 20.4. The van der Waals surface area contributed by atoms with Gasteiger partial charge in [0.05, 0.1) is 13.0 Å². The summed E-state index contributed by atoms with van der Waals surface area (Å²) in [5, 5.41) is 4.85. The molecule has 3 aliphatic rings. The molecule has 1 N–H and O–H groups in total. The van der Waals surface area contributed by atoms with Crippen molar-refractivity contribution in [1.82, 2.24) is 4.90 Å². The fourth-order valence-electron chi connectivity index (χ4n) is 7.24. The maximum atomic E-state index is 14.7. The van der Waals surface area contributed by atoms with Crippen LogP contribution < -0.4 is 10.1 Å². The van der Waals surface area contributed by atoms with Crippen molar-refractivity contribution in [1.29, 1.82) is 0 Å². The van der Waals surface area contributed by atoms with Crippen LogP contribution in [0.3, 0.4) is 0 Å². The first-order chi connectivity index (χ1) is 18.0. The minimum absolute atomic E-state index is 0.140. The Balaban J connectivity index is 1.55. The number of carbonyl (C=O) groups excluding carboxylic acids is 3. The van der Waals surface area contributed by atoms with E-state index in [4.69, 9.17) is 4.74 Å². The number of fused-ring (bicyclic) bond motifs is 4. The fourth-order valence-corrected chi connectivity index (χ4v) is 7.24. The van der Waals surface area contributed by atoms with Gasteiger partial charge in [-0.15, -0.1) is 0 Å². The van der Waals surface area contributed by atoms with E-state index >= 15 is 0 Å². The molecule has 0 aromatic heterocycles. The van der Waals surface area contributed by atoms with Gasteiger partial charge in [0.25, 0.3) is 0 Å². The molecular formula is C31H24N2O4. The van der Waals surface area contributed by atoms with E-state index in [1.54, 1.807) is 31.4 Å². The number of hydrogen-bond donors (Lipinski definition) is 1. The molecule has 0 bridgehead atoms. The topological polar surface area (TPSA) is 75.7 Å². The highest BCUT2D eigenvalue weighted by atomic mass is 16.5. The number of para-hydroxylation sites is 1. The van der Waals surface area contributed by atoms with Crippen LogP contribution in [0.5, 0.6) is 5.75 Å². The zero-order chi connectivity index (χ0) is 25.5. The first kappa shape index (κ1) is 21.9. The maximum Gasteiger partial charge on any atom is 0.238 e. The van der Waals surface area contributed by atoms with Crippen LogP contribution in [0.4, 0.5) is 5.69 Å². The van der Waals surface area contributed by atoms with Gasteiger partial charge < -0.3 is 10.1 Å². The zero-order valence-corrected chi connectivity index (χ0v) is 20.4. The van der Waals surface area contributed by atoms with Gasteiger partial charge in [-0.25, -0.2) is 0 Å².